The number of hydrogen-bond donors (Lipinski definition) is 2. The molecule has 9 nitrogen and oxygen atoms in total. The van der Waals surface area contributed by atoms with E-state index in [1.807, 2.05) is 13.8 Å². The van der Waals surface area contributed by atoms with Gasteiger partial charge in [-0.25, -0.2) is 14.2 Å². The summed E-state index contributed by atoms with van der Waals surface area (Å²) in [4.78, 5) is 44.9. The van der Waals surface area contributed by atoms with Crippen molar-refractivity contribution in [2.75, 3.05) is 13.6 Å². The maximum absolute atomic E-state index is 13.6. The number of allylic oxidation sites excluding steroid dienone is 3. The number of amides is 2. The lowest BCUT2D eigenvalue weighted by Gasteiger charge is -2.30. The predicted octanol–water partition coefficient (Wildman–Crippen LogP) is 4.37. The summed E-state index contributed by atoms with van der Waals surface area (Å²) >= 11 is 0. The molecular weight excluding hydrogens is 467 g/mol. The highest BCUT2D eigenvalue weighted by Crippen LogP contribution is 2.37. The van der Waals surface area contributed by atoms with Gasteiger partial charge in [-0.05, 0) is 57.9 Å². The fraction of sp³-hybridized carbons (Fsp3) is 0.615. The summed E-state index contributed by atoms with van der Waals surface area (Å²) in [7, 11) is 1.57. The normalized spacial score (nSPS) is 19.7. The summed E-state index contributed by atoms with van der Waals surface area (Å²) in [6.45, 7) is 11.4. The molecule has 0 bridgehead atoms. The lowest BCUT2D eigenvalue weighted by molar-refractivity contribution is 0.0198. The molecule has 1 aromatic rings. The van der Waals surface area contributed by atoms with Gasteiger partial charge >= 0.3 is 6.09 Å². The number of aromatic hydroxyl groups is 1. The molecule has 2 N–H and O–H groups in total. The zero-order chi connectivity index (χ0) is 27.0. The Kier molecular flexibility index (Phi) is 7.66. The summed E-state index contributed by atoms with van der Waals surface area (Å²) in [5.41, 5.74) is -0.812. The van der Waals surface area contributed by atoms with Crippen LogP contribution in [0.1, 0.15) is 89.6 Å². The van der Waals surface area contributed by atoms with Crippen LogP contribution in [0.15, 0.2) is 27.8 Å². The Bertz CT molecular complexity index is 1180. The number of ether oxygens (including phenoxy) is 1. The largest absolute Gasteiger partial charge is 0.501 e. The Morgan fingerprint density at radius 2 is 2.00 bits per heavy atom. The molecular formula is C26H37FN4O5. The molecule has 36 heavy (non-hydrogen) atoms. The van der Waals surface area contributed by atoms with Gasteiger partial charge in [-0.15, -0.1) is 0 Å². The molecule has 0 radical (unpaired) electrons. The molecule has 1 aliphatic carbocycles. The summed E-state index contributed by atoms with van der Waals surface area (Å²) in [6, 6.07) is -0.640. The first-order chi connectivity index (χ1) is 16.6. The lowest BCUT2D eigenvalue weighted by atomic mass is 9.87. The van der Waals surface area contributed by atoms with Crippen molar-refractivity contribution in [3.63, 3.8) is 0 Å². The van der Waals surface area contributed by atoms with Crippen LogP contribution in [0.25, 0.3) is 0 Å². The third-order valence-corrected chi connectivity index (χ3v) is 6.51. The number of fused-ring (bicyclic) bond motifs is 1. The van der Waals surface area contributed by atoms with E-state index in [1.54, 1.807) is 40.8 Å². The van der Waals surface area contributed by atoms with Gasteiger partial charge in [0.15, 0.2) is 5.69 Å². The summed E-state index contributed by atoms with van der Waals surface area (Å²) in [6.07, 6.45) is 3.01. The summed E-state index contributed by atoms with van der Waals surface area (Å²) in [5.74, 6) is -1.41. The number of hydrogen-bond acceptors (Lipinski definition) is 6. The SMILES string of the molecule is CC1=C(F)CCC(CNC(=O)c2nc3n(c(=O)c2O)CC(C)(C)CCC3N(C)C(=O)OC(C)(C)C)=C1. The number of rotatable bonds is 4. The second-order valence-electron chi connectivity index (χ2n) is 11.4. The van der Waals surface area contributed by atoms with Crippen LogP contribution < -0.4 is 10.9 Å². The molecule has 1 atom stereocenters. The van der Waals surface area contributed by atoms with Crippen LogP contribution in [0.5, 0.6) is 5.75 Å². The standard InChI is InChI=1S/C26H37FN4O5/c1-15-12-16(8-9-17(15)27)13-28-22(33)19-20(32)23(34)31-14-26(5,6)11-10-18(21(31)29-19)30(7)24(35)36-25(2,3)4/h12,18,32H,8-11,13-14H2,1-7H3,(H,28,33). The molecule has 0 aromatic carbocycles. The molecule has 2 heterocycles. The molecule has 0 saturated carbocycles. The van der Waals surface area contributed by atoms with E-state index in [0.29, 0.717) is 24.8 Å². The van der Waals surface area contributed by atoms with Crippen LogP contribution in [-0.2, 0) is 11.3 Å². The zero-order valence-electron chi connectivity index (χ0n) is 22.2. The van der Waals surface area contributed by atoms with Crippen LogP contribution in [0.3, 0.4) is 0 Å². The highest BCUT2D eigenvalue weighted by Gasteiger charge is 2.37. The predicted molar refractivity (Wildman–Crippen MR) is 133 cm³/mol. The van der Waals surface area contributed by atoms with Crippen molar-refractivity contribution in [3.05, 3.63) is 44.9 Å². The highest BCUT2D eigenvalue weighted by atomic mass is 19.1. The average molecular weight is 505 g/mol. The Balaban J connectivity index is 1.97. The van der Waals surface area contributed by atoms with Crippen LogP contribution in [-0.4, -0.2) is 50.8 Å². The molecule has 0 saturated heterocycles. The van der Waals surface area contributed by atoms with Gasteiger partial charge in [0, 0.05) is 26.6 Å². The van der Waals surface area contributed by atoms with Crippen molar-refractivity contribution in [2.45, 2.75) is 85.4 Å². The van der Waals surface area contributed by atoms with E-state index in [4.69, 9.17) is 4.74 Å². The number of aromatic nitrogens is 2. The van der Waals surface area contributed by atoms with Gasteiger partial charge in [0.2, 0.25) is 5.75 Å². The average Bonchev–Trinajstić information content (AvgIpc) is 2.90. The highest BCUT2D eigenvalue weighted by molar-refractivity contribution is 5.94. The van der Waals surface area contributed by atoms with Crippen molar-refractivity contribution in [1.29, 1.82) is 0 Å². The maximum Gasteiger partial charge on any atom is 0.410 e. The first kappa shape index (κ1) is 27.4. The molecule has 2 amide bonds. The lowest BCUT2D eigenvalue weighted by Crippen LogP contribution is -2.40. The molecule has 3 rings (SSSR count). The molecule has 10 heteroatoms. The van der Waals surface area contributed by atoms with Crippen molar-refractivity contribution >= 4 is 12.0 Å². The minimum Gasteiger partial charge on any atom is -0.501 e. The van der Waals surface area contributed by atoms with Gasteiger partial charge in [0.1, 0.15) is 17.3 Å². The topological polar surface area (TPSA) is 114 Å². The second-order valence-corrected chi connectivity index (χ2v) is 11.4. The number of nitrogens with zero attached hydrogens (tertiary/aromatic N) is 3. The number of carbonyl (C=O) groups is 2. The summed E-state index contributed by atoms with van der Waals surface area (Å²) < 4.78 is 20.5. The van der Waals surface area contributed by atoms with Crippen LogP contribution >= 0.6 is 0 Å². The van der Waals surface area contributed by atoms with Gasteiger partial charge in [0.05, 0.1) is 6.04 Å². The van der Waals surface area contributed by atoms with E-state index in [2.05, 4.69) is 10.3 Å². The molecule has 0 spiro atoms. The molecule has 0 fully saturated rings. The van der Waals surface area contributed by atoms with Gasteiger partial charge < -0.3 is 20.1 Å². The zero-order valence-corrected chi connectivity index (χ0v) is 22.2. The molecule has 2 aliphatic rings. The molecule has 1 aliphatic heterocycles. The van der Waals surface area contributed by atoms with E-state index in [9.17, 15) is 23.9 Å². The van der Waals surface area contributed by atoms with E-state index in [1.165, 1.54) is 9.47 Å². The Hall–Kier alpha value is -3.17. The van der Waals surface area contributed by atoms with E-state index < -0.39 is 40.6 Å². The third-order valence-electron chi connectivity index (χ3n) is 6.51. The molecule has 1 unspecified atom stereocenters. The number of nitrogens with one attached hydrogen (secondary N) is 1. The van der Waals surface area contributed by atoms with E-state index in [-0.39, 0.29) is 36.6 Å². The van der Waals surface area contributed by atoms with Crippen molar-refractivity contribution in [1.82, 2.24) is 19.8 Å². The van der Waals surface area contributed by atoms with Gasteiger partial charge in [-0.2, -0.15) is 0 Å². The van der Waals surface area contributed by atoms with Crippen LogP contribution in [0.2, 0.25) is 0 Å². The van der Waals surface area contributed by atoms with Gasteiger partial charge in [-0.3, -0.25) is 14.2 Å². The monoisotopic (exact) mass is 504 g/mol. The quantitative estimate of drug-likeness (QED) is 0.629. The fourth-order valence-electron chi connectivity index (χ4n) is 4.46. The first-order valence-electron chi connectivity index (χ1n) is 12.2. The van der Waals surface area contributed by atoms with Gasteiger partial charge in [0.25, 0.3) is 11.5 Å². The van der Waals surface area contributed by atoms with Crippen LogP contribution in [0, 0.1) is 5.41 Å². The van der Waals surface area contributed by atoms with E-state index in [0.717, 1.165) is 5.57 Å². The molecule has 1 aromatic heterocycles. The van der Waals surface area contributed by atoms with E-state index >= 15 is 0 Å². The van der Waals surface area contributed by atoms with Gasteiger partial charge in [-0.1, -0.05) is 25.5 Å². The Labute approximate surface area is 211 Å². The maximum atomic E-state index is 13.6. The summed E-state index contributed by atoms with van der Waals surface area (Å²) in [5, 5.41) is 13.3. The number of carbonyl (C=O) groups excluding carboxylic acids is 2. The van der Waals surface area contributed by atoms with Crippen molar-refractivity contribution < 1.29 is 23.8 Å². The smallest absolute Gasteiger partial charge is 0.410 e. The van der Waals surface area contributed by atoms with Crippen molar-refractivity contribution in [2.24, 2.45) is 5.41 Å². The first-order valence-corrected chi connectivity index (χ1v) is 12.2. The van der Waals surface area contributed by atoms with Crippen molar-refractivity contribution in [3.8, 4) is 5.75 Å². The third kappa shape index (κ3) is 6.14. The fourth-order valence-corrected chi connectivity index (χ4v) is 4.46. The Morgan fingerprint density at radius 3 is 2.61 bits per heavy atom. The minimum atomic E-state index is -0.743. The second kappa shape index (κ2) is 10.1. The van der Waals surface area contributed by atoms with Crippen LogP contribution in [0.4, 0.5) is 9.18 Å². The minimum absolute atomic E-state index is 0.136. The number of halogens is 1. The Morgan fingerprint density at radius 1 is 1.33 bits per heavy atom. The molecule has 198 valence electrons.